The summed E-state index contributed by atoms with van der Waals surface area (Å²) in [6, 6.07) is 6.37. The van der Waals surface area contributed by atoms with Crippen LogP contribution in [-0.4, -0.2) is 38.2 Å². The zero-order chi connectivity index (χ0) is 17.0. The Labute approximate surface area is 153 Å². The van der Waals surface area contributed by atoms with E-state index in [2.05, 4.69) is 26.6 Å². The molecule has 5 nitrogen and oxygen atoms in total. The van der Waals surface area contributed by atoms with Gasteiger partial charge in [-0.15, -0.1) is 12.4 Å². The van der Waals surface area contributed by atoms with E-state index in [0.717, 1.165) is 11.0 Å². The first kappa shape index (κ1) is 22.4. The molecule has 0 saturated carbocycles. The van der Waals surface area contributed by atoms with Gasteiger partial charge in [0.2, 0.25) is 5.91 Å². The summed E-state index contributed by atoms with van der Waals surface area (Å²) >= 11 is 3.27. The fourth-order valence-corrected chi connectivity index (χ4v) is 3.57. The van der Waals surface area contributed by atoms with Crippen molar-refractivity contribution in [3.05, 3.63) is 28.7 Å². The average Bonchev–Trinajstić information content (AvgIpc) is 2.45. The number of nitrogens with one attached hydrogen (secondary N) is 2. The van der Waals surface area contributed by atoms with Gasteiger partial charge >= 0.3 is 0 Å². The van der Waals surface area contributed by atoms with Gasteiger partial charge in [0.1, 0.15) is 4.75 Å². The van der Waals surface area contributed by atoms with Gasteiger partial charge in [-0.05, 0) is 51.6 Å². The number of halogens is 2. The number of hydrogen-bond donors (Lipinski definition) is 2. The van der Waals surface area contributed by atoms with Crippen molar-refractivity contribution >= 4 is 44.1 Å². The molecule has 0 fully saturated rings. The minimum absolute atomic E-state index is 0. The van der Waals surface area contributed by atoms with E-state index in [4.69, 9.17) is 0 Å². The molecule has 8 heteroatoms. The van der Waals surface area contributed by atoms with E-state index in [0.29, 0.717) is 6.54 Å². The Morgan fingerprint density at radius 1 is 1.26 bits per heavy atom. The lowest BCUT2D eigenvalue weighted by Crippen LogP contribution is -2.50. The molecule has 1 rings (SSSR count). The van der Waals surface area contributed by atoms with E-state index in [1.807, 2.05) is 13.8 Å². The monoisotopic (exact) mass is 426 g/mol. The van der Waals surface area contributed by atoms with Gasteiger partial charge in [0.15, 0.2) is 9.84 Å². The maximum absolute atomic E-state index is 12.7. The summed E-state index contributed by atoms with van der Waals surface area (Å²) in [5.41, 5.74) is 0. The summed E-state index contributed by atoms with van der Waals surface area (Å²) in [7, 11) is -3.77. The summed E-state index contributed by atoms with van der Waals surface area (Å²) < 4.78 is 24.6. The van der Waals surface area contributed by atoms with Crippen LogP contribution in [0.2, 0.25) is 0 Å². The first-order valence-electron chi connectivity index (χ1n) is 7.14. The highest BCUT2D eigenvalue weighted by Gasteiger charge is 2.42. The smallest absolute Gasteiger partial charge is 0.241 e. The van der Waals surface area contributed by atoms with Crippen molar-refractivity contribution in [3.8, 4) is 0 Å². The molecule has 0 heterocycles. The van der Waals surface area contributed by atoms with Gasteiger partial charge < -0.3 is 10.6 Å². The molecule has 2 N–H and O–H groups in total. The number of hydrogen-bond acceptors (Lipinski definition) is 4. The predicted octanol–water partition coefficient (Wildman–Crippen LogP) is 2.54. The Morgan fingerprint density at radius 2 is 1.78 bits per heavy atom. The van der Waals surface area contributed by atoms with E-state index in [1.165, 1.54) is 26.0 Å². The summed E-state index contributed by atoms with van der Waals surface area (Å²) in [6.07, 6.45) is 0. The molecule has 132 valence electrons. The van der Waals surface area contributed by atoms with Gasteiger partial charge in [0.25, 0.3) is 0 Å². The van der Waals surface area contributed by atoms with Gasteiger partial charge in [-0.25, -0.2) is 8.42 Å². The van der Waals surface area contributed by atoms with Crippen LogP contribution in [0.15, 0.2) is 33.6 Å². The fourth-order valence-electron chi connectivity index (χ4n) is 1.91. The molecule has 23 heavy (non-hydrogen) atoms. The van der Waals surface area contributed by atoms with Gasteiger partial charge in [-0.2, -0.15) is 0 Å². The maximum Gasteiger partial charge on any atom is 0.241 e. The van der Waals surface area contributed by atoms with E-state index in [1.54, 1.807) is 12.1 Å². The molecule has 0 aliphatic carbocycles. The number of amides is 1. The number of benzene rings is 1. The van der Waals surface area contributed by atoms with Crippen molar-refractivity contribution in [2.45, 2.75) is 43.4 Å². The van der Waals surface area contributed by atoms with Crippen molar-refractivity contribution in [2.75, 3.05) is 13.1 Å². The third kappa shape index (κ3) is 5.45. The largest absolute Gasteiger partial charge is 0.353 e. The van der Waals surface area contributed by atoms with Crippen LogP contribution in [0, 0.1) is 0 Å². The molecule has 0 radical (unpaired) electrons. The second-order valence-electron chi connectivity index (χ2n) is 5.64. The highest BCUT2D eigenvalue weighted by molar-refractivity contribution is 9.10. The Balaban J connectivity index is 0.00000484. The molecule has 0 saturated heterocycles. The Bertz CT molecular complexity index is 618. The van der Waals surface area contributed by atoms with Crippen LogP contribution in [0.1, 0.15) is 27.7 Å². The Hall–Kier alpha value is -0.630. The number of rotatable bonds is 7. The number of likely N-dealkylation sites (N-methyl/N-ethyl adjacent to an activating group) is 1. The molecule has 1 aromatic rings. The highest BCUT2D eigenvalue weighted by Crippen LogP contribution is 2.26. The lowest BCUT2D eigenvalue weighted by molar-refractivity contribution is -0.122. The molecule has 1 aromatic carbocycles. The minimum atomic E-state index is -3.77. The minimum Gasteiger partial charge on any atom is -0.353 e. The van der Waals surface area contributed by atoms with Crippen LogP contribution in [0.4, 0.5) is 0 Å². The molecule has 0 aliphatic heterocycles. The quantitative estimate of drug-likeness (QED) is 0.701. The third-order valence-corrected chi connectivity index (χ3v) is 6.41. The summed E-state index contributed by atoms with van der Waals surface area (Å²) in [5.74, 6) is -0.500. The number of sulfone groups is 1. The topological polar surface area (TPSA) is 75.3 Å². The third-order valence-electron chi connectivity index (χ3n) is 3.46. The average molecular weight is 428 g/mol. The Morgan fingerprint density at radius 3 is 2.26 bits per heavy atom. The maximum atomic E-state index is 12.7. The van der Waals surface area contributed by atoms with Crippen LogP contribution in [0.5, 0.6) is 0 Å². The summed E-state index contributed by atoms with van der Waals surface area (Å²) in [5, 5.41) is 5.86. The number of carbonyl (C=O) groups excluding carboxylic acids is 1. The first-order valence-corrected chi connectivity index (χ1v) is 9.42. The lowest BCUT2D eigenvalue weighted by Gasteiger charge is -2.25. The van der Waals surface area contributed by atoms with Crippen LogP contribution < -0.4 is 10.6 Å². The zero-order valence-electron chi connectivity index (χ0n) is 13.7. The Kier molecular flexibility index (Phi) is 8.76. The van der Waals surface area contributed by atoms with Gasteiger partial charge in [0, 0.05) is 17.1 Å². The van der Waals surface area contributed by atoms with Crippen molar-refractivity contribution < 1.29 is 13.2 Å². The van der Waals surface area contributed by atoms with Gasteiger partial charge in [-0.3, -0.25) is 4.79 Å². The molecule has 0 unspecified atom stereocenters. The fraction of sp³-hybridized carbons (Fsp3) is 0.533. The second kappa shape index (κ2) is 9.01. The van der Waals surface area contributed by atoms with E-state index in [-0.39, 0.29) is 23.3 Å². The van der Waals surface area contributed by atoms with Crippen LogP contribution in [0.3, 0.4) is 0 Å². The molecule has 0 spiro atoms. The van der Waals surface area contributed by atoms with Crippen LogP contribution in [0.25, 0.3) is 0 Å². The number of carbonyl (C=O) groups is 1. The molecule has 0 bridgehead atoms. The second-order valence-corrected chi connectivity index (χ2v) is 9.05. The van der Waals surface area contributed by atoms with Crippen molar-refractivity contribution in [1.82, 2.24) is 10.6 Å². The highest BCUT2D eigenvalue weighted by atomic mass is 79.9. The normalized spacial score (nSPS) is 13.1. The summed E-state index contributed by atoms with van der Waals surface area (Å²) in [4.78, 5) is 12.5. The van der Waals surface area contributed by atoms with Gasteiger partial charge in [-0.1, -0.05) is 22.9 Å². The van der Waals surface area contributed by atoms with Crippen molar-refractivity contribution in [1.29, 1.82) is 0 Å². The molecule has 1 amide bonds. The lowest BCUT2D eigenvalue weighted by atomic mass is 10.2. The van der Waals surface area contributed by atoms with Crippen LogP contribution in [-0.2, 0) is 14.6 Å². The van der Waals surface area contributed by atoms with E-state index < -0.39 is 20.5 Å². The van der Waals surface area contributed by atoms with E-state index >= 15 is 0 Å². The van der Waals surface area contributed by atoms with Crippen molar-refractivity contribution in [3.63, 3.8) is 0 Å². The molecular formula is C15H24BrClN2O3S. The molecular weight excluding hydrogens is 404 g/mol. The van der Waals surface area contributed by atoms with Crippen LogP contribution >= 0.6 is 28.3 Å². The van der Waals surface area contributed by atoms with E-state index in [9.17, 15) is 13.2 Å². The molecule has 0 aromatic heterocycles. The van der Waals surface area contributed by atoms with Gasteiger partial charge in [0.05, 0.1) is 4.90 Å². The predicted molar refractivity (Wildman–Crippen MR) is 98.8 cm³/mol. The van der Waals surface area contributed by atoms with Crippen molar-refractivity contribution in [2.24, 2.45) is 0 Å². The summed E-state index contributed by atoms with van der Waals surface area (Å²) in [6.45, 7) is 7.93. The first-order chi connectivity index (χ1) is 10.1. The zero-order valence-corrected chi connectivity index (χ0v) is 16.9. The standard InChI is InChI=1S/C15H23BrN2O3S.ClH/c1-5-17-11(2)10-18-14(19)15(3,4)22(20,21)13-8-6-12(16)7-9-13;/h6-9,11,17H,5,10H2,1-4H3,(H,18,19);1H/t11-;/m1./s1. The molecule has 0 aliphatic rings. The molecule has 1 atom stereocenters. The SMILES string of the molecule is CCN[C@H](C)CNC(=O)C(C)(C)S(=O)(=O)c1ccc(Br)cc1.Cl.